The van der Waals surface area contributed by atoms with Crippen molar-refractivity contribution < 1.29 is 14.4 Å². The molecule has 3 fully saturated rings. The molecule has 5 rings (SSSR count). The lowest BCUT2D eigenvalue weighted by atomic mass is 9.64. The van der Waals surface area contributed by atoms with E-state index in [4.69, 9.17) is 0 Å². The number of nitrogens with one attached hydrogen (secondary N) is 2. The molecule has 1 spiro atoms. The molecule has 4 heterocycles. The van der Waals surface area contributed by atoms with Crippen LogP contribution in [0.3, 0.4) is 0 Å². The second-order valence-electron chi connectivity index (χ2n) is 11.1. The number of nitrogens with zero attached hydrogens (tertiary/aromatic N) is 3. The number of aromatic amines is 1. The summed E-state index contributed by atoms with van der Waals surface area (Å²) in [6.07, 6.45) is 7.78. The fraction of sp³-hybridized carbons (Fsp3) is 0.600. The van der Waals surface area contributed by atoms with Gasteiger partial charge >= 0.3 is 6.03 Å². The molecule has 176 valence electrons. The third kappa shape index (κ3) is 3.89. The quantitative estimate of drug-likeness (QED) is 0.699. The van der Waals surface area contributed by atoms with Crippen molar-refractivity contribution in [2.45, 2.75) is 64.3 Å². The van der Waals surface area contributed by atoms with E-state index in [0.29, 0.717) is 37.8 Å². The van der Waals surface area contributed by atoms with Crippen LogP contribution in [0.5, 0.6) is 0 Å². The molecule has 2 atom stereocenters. The normalized spacial score (nSPS) is 28.0. The Morgan fingerprint density at radius 2 is 1.97 bits per heavy atom. The van der Waals surface area contributed by atoms with Crippen LogP contribution >= 0.6 is 0 Å². The smallest absolute Gasteiger partial charge is 0.325 e. The monoisotopic (exact) mass is 451 g/mol. The number of amides is 4. The molecule has 2 unspecified atom stereocenters. The van der Waals surface area contributed by atoms with Crippen molar-refractivity contribution in [3.05, 3.63) is 30.1 Å². The van der Waals surface area contributed by atoms with Crippen LogP contribution in [0, 0.1) is 11.3 Å². The number of fused-ring (bicyclic) bond motifs is 1. The molecule has 2 aromatic heterocycles. The average molecular weight is 452 g/mol. The molecule has 0 bridgehead atoms. The molecule has 1 saturated carbocycles. The first-order valence-corrected chi connectivity index (χ1v) is 12.0. The van der Waals surface area contributed by atoms with E-state index >= 15 is 0 Å². The molecule has 8 heteroatoms. The average Bonchev–Trinajstić information content (AvgIpc) is 3.27. The van der Waals surface area contributed by atoms with Gasteiger partial charge in [-0.25, -0.2) is 9.78 Å². The molecule has 0 radical (unpaired) electrons. The first kappa shape index (κ1) is 21.9. The minimum Gasteiger partial charge on any atom is -0.346 e. The number of piperidine rings is 1. The van der Waals surface area contributed by atoms with E-state index in [2.05, 4.69) is 42.1 Å². The standard InChI is InChI=1S/C25H33N5O3/c1-16-11-24(2,3)15-25(12-16)22(32)30(23(33)28-25)14-20(31)29-9-6-17(7-10-29)19-13-27-21-18(19)5-4-8-26-21/h4-5,8,13,16-17H,6-7,9-12,14-15H2,1-3H3,(H,26,27)(H,28,33). The van der Waals surface area contributed by atoms with Gasteiger partial charge in [0.05, 0.1) is 0 Å². The van der Waals surface area contributed by atoms with Crippen LogP contribution in [-0.2, 0) is 9.59 Å². The van der Waals surface area contributed by atoms with E-state index in [1.54, 1.807) is 11.1 Å². The maximum atomic E-state index is 13.3. The Morgan fingerprint density at radius 1 is 1.21 bits per heavy atom. The van der Waals surface area contributed by atoms with E-state index in [1.165, 1.54) is 5.56 Å². The number of likely N-dealkylation sites (tertiary alicyclic amines) is 1. The number of imide groups is 1. The molecular weight excluding hydrogens is 418 g/mol. The topological polar surface area (TPSA) is 98.4 Å². The number of H-pyrrole nitrogens is 1. The lowest BCUT2D eigenvalue weighted by Crippen LogP contribution is -2.54. The fourth-order valence-corrected chi connectivity index (χ4v) is 6.64. The number of carbonyl (C=O) groups excluding carboxylic acids is 3. The lowest BCUT2D eigenvalue weighted by molar-refractivity contribution is -0.141. The first-order chi connectivity index (χ1) is 15.7. The van der Waals surface area contributed by atoms with Gasteiger partial charge in [0.1, 0.15) is 17.7 Å². The highest BCUT2D eigenvalue weighted by molar-refractivity contribution is 6.09. The zero-order valence-corrected chi connectivity index (χ0v) is 19.7. The van der Waals surface area contributed by atoms with Crippen molar-refractivity contribution in [2.75, 3.05) is 19.6 Å². The number of urea groups is 1. The summed E-state index contributed by atoms with van der Waals surface area (Å²) < 4.78 is 0. The molecule has 0 aromatic carbocycles. The molecule has 4 amide bonds. The number of hydrogen-bond donors (Lipinski definition) is 2. The molecule has 2 N–H and O–H groups in total. The van der Waals surface area contributed by atoms with Crippen LogP contribution in [0.2, 0.25) is 0 Å². The summed E-state index contributed by atoms with van der Waals surface area (Å²) in [5.41, 5.74) is 1.24. The van der Waals surface area contributed by atoms with Crippen molar-refractivity contribution in [1.82, 2.24) is 25.1 Å². The number of rotatable bonds is 3. The number of pyridine rings is 1. The Balaban J connectivity index is 1.22. The minimum absolute atomic E-state index is 0.0274. The van der Waals surface area contributed by atoms with E-state index in [1.807, 2.05) is 12.3 Å². The Labute approximate surface area is 194 Å². The van der Waals surface area contributed by atoms with Crippen LogP contribution in [-0.4, -0.2) is 62.8 Å². The van der Waals surface area contributed by atoms with Crippen LogP contribution in [0.25, 0.3) is 11.0 Å². The third-order valence-corrected chi connectivity index (χ3v) is 7.69. The van der Waals surface area contributed by atoms with Crippen LogP contribution < -0.4 is 5.32 Å². The van der Waals surface area contributed by atoms with Gasteiger partial charge in [-0.3, -0.25) is 14.5 Å². The molecule has 1 aliphatic carbocycles. The van der Waals surface area contributed by atoms with Crippen molar-refractivity contribution in [1.29, 1.82) is 0 Å². The van der Waals surface area contributed by atoms with E-state index in [-0.39, 0.29) is 23.8 Å². The van der Waals surface area contributed by atoms with Gasteiger partial charge in [0.2, 0.25) is 5.91 Å². The molecular formula is C25H33N5O3. The Kier molecular flexibility index (Phi) is 5.21. The summed E-state index contributed by atoms with van der Waals surface area (Å²) in [5.74, 6) is 0.310. The van der Waals surface area contributed by atoms with Gasteiger partial charge in [0, 0.05) is 30.9 Å². The third-order valence-electron chi connectivity index (χ3n) is 7.69. The molecule has 2 aliphatic heterocycles. The van der Waals surface area contributed by atoms with Gasteiger partial charge in [-0.05, 0) is 67.1 Å². The van der Waals surface area contributed by atoms with Gasteiger partial charge in [-0.2, -0.15) is 0 Å². The Hall–Kier alpha value is -2.90. The van der Waals surface area contributed by atoms with Gasteiger partial charge in [-0.1, -0.05) is 20.8 Å². The molecule has 2 aromatic rings. The fourth-order valence-electron chi connectivity index (χ4n) is 6.64. The van der Waals surface area contributed by atoms with E-state index in [0.717, 1.165) is 35.2 Å². The number of carbonyl (C=O) groups is 3. The Morgan fingerprint density at radius 3 is 2.70 bits per heavy atom. The highest BCUT2D eigenvalue weighted by Crippen LogP contribution is 2.46. The van der Waals surface area contributed by atoms with Crippen LogP contribution in [0.15, 0.2) is 24.5 Å². The first-order valence-electron chi connectivity index (χ1n) is 12.0. The summed E-state index contributed by atoms with van der Waals surface area (Å²) in [5, 5.41) is 4.10. The van der Waals surface area contributed by atoms with Crippen molar-refractivity contribution >= 4 is 28.9 Å². The molecule has 8 nitrogen and oxygen atoms in total. The largest absolute Gasteiger partial charge is 0.346 e. The second-order valence-corrected chi connectivity index (χ2v) is 11.1. The predicted molar refractivity (Wildman–Crippen MR) is 124 cm³/mol. The molecule has 2 saturated heterocycles. The maximum absolute atomic E-state index is 13.3. The van der Waals surface area contributed by atoms with Crippen LogP contribution in [0.1, 0.15) is 64.4 Å². The number of hydrogen-bond acceptors (Lipinski definition) is 4. The van der Waals surface area contributed by atoms with E-state index in [9.17, 15) is 14.4 Å². The maximum Gasteiger partial charge on any atom is 0.325 e. The summed E-state index contributed by atoms with van der Waals surface area (Å²) in [6.45, 7) is 7.48. The summed E-state index contributed by atoms with van der Waals surface area (Å²) in [4.78, 5) is 49.7. The summed E-state index contributed by atoms with van der Waals surface area (Å²) >= 11 is 0. The van der Waals surface area contributed by atoms with Crippen molar-refractivity contribution in [2.24, 2.45) is 11.3 Å². The van der Waals surface area contributed by atoms with Gasteiger partial charge in [-0.15, -0.1) is 0 Å². The minimum atomic E-state index is -0.866. The highest BCUT2D eigenvalue weighted by atomic mass is 16.2. The van der Waals surface area contributed by atoms with Gasteiger partial charge < -0.3 is 15.2 Å². The number of aromatic nitrogens is 2. The molecule has 33 heavy (non-hydrogen) atoms. The SMILES string of the molecule is CC1CC(C)(C)CC2(C1)NC(=O)N(CC(=O)N1CCC(c3c[nH]c4ncccc34)CC1)C2=O. The highest BCUT2D eigenvalue weighted by Gasteiger charge is 2.56. The lowest BCUT2D eigenvalue weighted by Gasteiger charge is -2.43. The van der Waals surface area contributed by atoms with Crippen molar-refractivity contribution in [3.63, 3.8) is 0 Å². The molecule has 3 aliphatic rings. The summed E-state index contributed by atoms with van der Waals surface area (Å²) in [7, 11) is 0. The van der Waals surface area contributed by atoms with Crippen molar-refractivity contribution in [3.8, 4) is 0 Å². The second kappa shape index (κ2) is 7.85. The zero-order chi connectivity index (χ0) is 23.4. The van der Waals surface area contributed by atoms with Gasteiger partial charge in [0.25, 0.3) is 5.91 Å². The Bertz CT molecular complexity index is 1100. The van der Waals surface area contributed by atoms with E-state index < -0.39 is 11.6 Å². The van der Waals surface area contributed by atoms with Crippen LogP contribution in [0.4, 0.5) is 4.79 Å². The zero-order valence-electron chi connectivity index (χ0n) is 19.7. The van der Waals surface area contributed by atoms with Gasteiger partial charge in [0.15, 0.2) is 0 Å². The predicted octanol–water partition coefficient (Wildman–Crippen LogP) is 3.41. The summed E-state index contributed by atoms with van der Waals surface area (Å²) in [6, 6.07) is 3.59.